The Kier molecular flexibility index (Phi) is 4.09. The average Bonchev–Trinajstić information content (AvgIpc) is 2.87. The van der Waals surface area contributed by atoms with Gasteiger partial charge in [-0.3, -0.25) is 0 Å². The van der Waals surface area contributed by atoms with Crippen molar-refractivity contribution in [3.63, 3.8) is 0 Å². The van der Waals surface area contributed by atoms with Crippen LogP contribution in [0.1, 0.15) is 16.8 Å². The van der Waals surface area contributed by atoms with Gasteiger partial charge in [0.1, 0.15) is 11.3 Å². The highest BCUT2D eigenvalue weighted by molar-refractivity contribution is 5.94. The fraction of sp³-hybridized carbons (Fsp3) is 0.385. The average molecular weight is 280 g/mol. The van der Waals surface area contributed by atoms with Crippen LogP contribution >= 0.6 is 0 Å². The molecule has 1 heterocycles. The fourth-order valence-corrected chi connectivity index (χ4v) is 2.10. The number of methoxy groups -OCH3 is 1. The van der Waals surface area contributed by atoms with Crippen LogP contribution in [0.2, 0.25) is 0 Å². The molecule has 108 valence electrons. The number of carboxylic acid groups (broad SMARTS) is 1. The van der Waals surface area contributed by atoms with Crippen molar-refractivity contribution in [2.45, 2.75) is 12.5 Å². The smallest absolute Gasteiger partial charge is 0.339 e. The Hall–Kier alpha value is -2.28. The summed E-state index contributed by atoms with van der Waals surface area (Å²) in [6.07, 6.45) is 0.830. The van der Waals surface area contributed by atoms with Crippen molar-refractivity contribution in [2.24, 2.45) is 0 Å². The third kappa shape index (κ3) is 3.00. The van der Waals surface area contributed by atoms with E-state index in [0.29, 0.717) is 18.8 Å². The molecule has 0 saturated carbocycles. The molecule has 7 nitrogen and oxygen atoms in total. The molecule has 2 amide bonds. The minimum Gasteiger partial charge on any atom is -0.507 e. The molecule has 1 aromatic carbocycles. The van der Waals surface area contributed by atoms with E-state index < -0.39 is 5.97 Å². The highest BCUT2D eigenvalue weighted by Gasteiger charge is 2.26. The maximum Gasteiger partial charge on any atom is 0.339 e. The van der Waals surface area contributed by atoms with E-state index in [-0.39, 0.29) is 23.4 Å². The van der Waals surface area contributed by atoms with Gasteiger partial charge in [-0.25, -0.2) is 9.59 Å². The summed E-state index contributed by atoms with van der Waals surface area (Å²) in [5.74, 6) is -1.60. The highest BCUT2D eigenvalue weighted by atomic mass is 16.5. The molecule has 0 spiro atoms. The van der Waals surface area contributed by atoms with Crippen molar-refractivity contribution >= 4 is 17.7 Å². The van der Waals surface area contributed by atoms with Gasteiger partial charge in [0.2, 0.25) is 0 Å². The first-order valence-electron chi connectivity index (χ1n) is 6.16. The molecule has 1 unspecified atom stereocenters. The second kappa shape index (κ2) is 5.79. The first kappa shape index (κ1) is 14.1. The molecule has 1 atom stereocenters. The van der Waals surface area contributed by atoms with Gasteiger partial charge in [-0.05, 0) is 18.6 Å². The summed E-state index contributed by atoms with van der Waals surface area (Å²) in [5, 5.41) is 21.0. The van der Waals surface area contributed by atoms with Crippen molar-refractivity contribution in [2.75, 3.05) is 25.5 Å². The number of nitrogens with zero attached hydrogens (tertiary/aromatic N) is 1. The van der Waals surface area contributed by atoms with Gasteiger partial charge in [-0.1, -0.05) is 0 Å². The predicted octanol–water partition coefficient (Wildman–Crippen LogP) is 1.34. The molecule has 1 aliphatic heterocycles. The Morgan fingerprint density at radius 1 is 1.45 bits per heavy atom. The summed E-state index contributed by atoms with van der Waals surface area (Å²) < 4.78 is 5.18. The van der Waals surface area contributed by atoms with Gasteiger partial charge in [-0.15, -0.1) is 0 Å². The number of carbonyl (C=O) groups is 2. The van der Waals surface area contributed by atoms with E-state index in [2.05, 4.69) is 5.32 Å². The lowest BCUT2D eigenvalue weighted by Crippen LogP contribution is -2.33. The van der Waals surface area contributed by atoms with E-state index in [1.165, 1.54) is 18.2 Å². The maximum atomic E-state index is 12.0. The Balaban J connectivity index is 2.02. The third-order valence-corrected chi connectivity index (χ3v) is 3.24. The Bertz CT molecular complexity index is 531. The largest absolute Gasteiger partial charge is 0.507 e. The number of rotatable bonds is 3. The van der Waals surface area contributed by atoms with E-state index >= 15 is 0 Å². The van der Waals surface area contributed by atoms with Crippen molar-refractivity contribution < 1.29 is 24.5 Å². The number of aromatic carboxylic acids is 1. The lowest BCUT2D eigenvalue weighted by molar-refractivity contribution is 0.0693. The topological polar surface area (TPSA) is 99.1 Å². The van der Waals surface area contributed by atoms with Gasteiger partial charge in [-0.2, -0.15) is 0 Å². The number of carboxylic acids is 1. The maximum absolute atomic E-state index is 12.0. The minimum absolute atomic E-state index is 0.0449. The van der Waals surface area contributed by atoms with Gasteiger partial charge in [0.15, 0.2) is 0 Å². The number of benzene rings is 1. The fourth-order valence-electron chi connectivity index (χ4n) is 2.10. The number of aromatic hydroxyl groups is 1. The van der Waals surface area contributed by atoms with Crippen LogP contribution in [0.15, 0.2) is 18.2 Å². The second-order valence-corrected chi connectivity index (χ2v) is 4.56. The highest BCUT2D eigenvalue weighted by Crippen LogP contribution is 2.22. The molecule has 7 heteroatoms. The Morgan fingerprint density at radius 2 is 2.20 bits per heavy atom. The number of hydrogen-bond acceptors (Lipinski definition) is 4. The number of nitrogens with one attached hydrogen (secondary N) is 1. The lowest BCUT2D eigenvalue weighted by Gasteiger charge is -2.17. The summed E-state index contributed by atoms with van der Waals surface area (Å²) in [5.41, 5.74) is 0.141. The summed E-state index contributed by atoms with van der Waals surface area (Å²) >= 11 is 0. The summed E-state index contributed by atoms with van der Waals surface area (Å²) in [4.78, 5) is 24.3. The van der Waals surface area contributed by atoms with Crippen molar-refractivity contribution in [1.82, 2.24) is 4.90 Å². The van der Waals surface area contributed by atoms with Crippen LogP contribution in [0.5, 0.6) is 5.75 Å². The molecule has 0 radical (unpaired) electrons. The normalized spacial score (nSPS) is 18.1. The Morgan fingerprint density at radius 3 is 2.75 bits per heavy atom. The first-order valence-corrected chi connectivity index (χ1v) is 6.16. The van der Waals surface area contributed by atoms with Gasteiger partial charge < -0.3 is 25.2 Å². The second-order valence-electron chi connectivity index (χ2n) is 4.56. The van der Waals surface area contributed by atoms with Crippen LogP contribution in [0.25, 0.3) is 0 Å². The van der Waals surface area contributed by atoms with Gasteiger partial charge in [0, 0.05) is 32.0 Å². The third-order valence-electron chi connectivity index (χ3n) is 3.24. The standard InChI is InChI=1S/C13H16N2O5/c1-20-9-4-5-15(7-9)13(19)14-8-2-3-10(12(17)18)11(16)6-8/h2-3,6,9,16H,4-5,7H2,1H3,(H,14,19)(H,17,18). The molecule has 20 heavy (non-hydrogen) atoms. The number of ether oxygens (including phenoxy) is 1. The number of phenols is 1. The molecule has 0 bridgehead atoms. The summed E-state index contributed by atoms with van der Waals surface area (Å²) in [6, 6.07) is 3.60. The van der Waals surface area contributed by atoms with Gasteiger partial charge in [0.05, 0.1) is 6.10 Å². The van der Waals surface area contributed by atoms with E-state index in [1.54, 1.807) is 12.0 Å². The molecule has 1 aromatic rings. The molecule has 2 rings (SSSR count). The van der Waals surface area contributed by atoms with Crippen LogP contribution in [-0.2, 0) is 4.74 Å². The van der Waals surface area contributed by atoms with Crippen LogP contribution in [0.4, 0.5) is 10.5 Å². The SMILES string of the molecule is COC1CCN(C(=O)Nc2ccc(C(=O)O)c(O)c2)C1. The molecule has 3 N–H and O–H groups in total. The first-order chi connectivity index (χ1) is 9.51. The van der Waals surface area contributed by atoms with Gasteiger partial charge >= 0.3 is 12.0 Å². The van der Waals surface area contributed by atoms with Gasteiger partial charge in [0.25, 0.3) is 0 Å². The van der Waals surface area contributed by atoms with E-state index in [4.69, 9.17) is 9.84 Å². The molecule has 1 saturated heterocycles. The number of hydrogen-bond donors (Lipinski definition) is 3. The molecule has 1 aliphatic rings. The molecular formula is C13H16N2O5. The van der Waals surface area contributed by atoms with Crippen LogP contribution in [0, 0.1) is 0 Å². The number of amides is 2. The van der Waals surface area contributed by atoms with Crippen molar-refractivity contribution in [3.05, 3.63) is 23.8 Å². The quantitative estimate of drug-likeness (QED) is 0.776. The number of anilines is 1. The van der Waals surface area contributed by atoms with E-state index in [9.17, 15) is 14.7 Å². The zero-order valence-electron chi connectivity index (χ0n) is 11.0. The van der Waals surface area contributed by atoms with Crippen LogP contribution < -0.4 is 5.32 Å². The molecule has 1 fully saturated rings. The van der Waals surface area contributed by atoms with Crippen molar-refractivity contribution in [1.29, 1.82) is 0 Å². The minimum atomic E-state index is -1.22. The van der Waals surface area contributed by atoms with Crippen LogP contribution in [-0.4, -0.2) is 53.4 Å². The van der Waals surface area contributed by atoms with Crippen LogP contribution in [0.3, 0.4) is 0 Å². The molecular weight excluding hydrogens is 264 g/mol. The number of urea groups is 1. The monoisotopic (exact) mass is 280 g/mol. The van der Waals surface area contributed by atoms with E-state index in [0.717, 1.165) is 6.42 Å². The molecule has 0 aliphatic carbocycles. The summed E-state index contributed by atoms with van der Waals surface area (Å²) in [6.45, 7) is 1.12. The summed E-state index contributed by atoms with van der Waals surface area (Å²) in [7, 11) is 1.61. The zero-order chi connectivity index (χ0) is 14.7. The number of carbonyl (C=O) groups excluding carboxylic acids is 1. The van der Waals surface area contributed by atoms with E-state index in [1.807, 2.05) is 0 Å². The molecule has 0 aromatic heterocycles. The lowest BCUT2D eigenvalue weighted by atomic mass is 10.2. The van der Waals surface area contributed by atoms with Crippen molar-refractivity contribution in [3.8, 4) is 5.75 Å². The Labute approximate surface area is 115 Å². The number of likely N-dealkylation sites (tertiary alicyclic amines) is 1. The predicted molar refractivity (Wildman–Crippen MR) is 71.1 cm³/mol. The zero-order valence-corrected chi connectivity index (χ0v) is 11.0.